The molecule has 2 unspecified atom stereocenters. The lowest BCUT2D eigenvalue weighted by Crippen LogP contribution is -2.43. The van der Waals surface area contributed by atoms with Gasteiger partial charge in [-0.2, -0.15) is 0 Å². The normalized spacial score (nSPS) is 39.1. The van der Waals surface area contributed by atoms with Crippen molar-refractivity contribution in [2.45, 2.75) is 18.5 Å². The number of hydrogen-bond acceptors (Lipinski definition) is 3. The average Bonchev–Trinajstić information content (AvgIpc) is 2.89. The first kappa shape index (κ1) is 8.94. The Morgan fingerprint density at radius 3 is 2.85 bits per heavy atom. The third-order valence-corrected chi connectivity index (χ3v) is 3.05. The lowest BCUT2D eigenvalue weighted by atomic mass is 9.88. The van der Waals surface area contributed by atoms with Gasteiger partial charge in [0, 0.05) is 19.0 Å². The van der Waals surface area contributed by atoms with Crippen molar-refractivity contribution in [3.05, 3.63) is 0 Å². The average molecular weight is 187 g/mol. The molecule has 0 aromatic heterocycles. The van der Waals surface area contributed by atoms with Crippen molar-refractivity contribution in [3.8, 4) is 0 Å². The molecule has 4 heteroatoms. The van der Waals surface area contributed by atoms with Crippen molar-refractivity contribution in [2.24, 2.45) is 11.8 Å². The Morgan fingerprint density at radius 1 is 1.62 bits per heavy atom. The minimum atomic E-state index is -1.77. The maximum absolute atomic E-state index is 14.1. The van der Waals surface area contributed by atoms with E-state index in [2.05, 4.69) is 10.1 Å². The summed E-state index contributed by atoms with van der Waals surface area (Å²) < 4.78 is 18.6. The zero-order chi connectivity index (χ0) is 9.47. The number of methoxy groups -OCH3 is 1. The second-order valence-corrected chi connectivity index (χ2v) is 3.93. The number of carbonyl (C=O) groups is 1. The molecule has 74 valence electrons. The summed E-state index contributed by atoms with van der Waals surface area (Å²) >= 11 is 0. The van der Waals surface area contributed by atoms with Gasteiger partial charge >= 0.3 is 5.97 Å². The molecule has 1 saturated carbocycles. The zero-order valence-electron chi connectivity index (χ0n) is 7.68. The van der Waals surface area contributed by atoms with Crippen LogP contribution in [0.25, 0.3) is 0 Å². The molecule has 13 heavy (non-hydrogen) atoms. The minimum Gasteiger partial charge on any atom is -0.467 e. The molecule has 1 heterocycles. The van der Waals surface area contributed by atoms with E-state index < -0.39 is 11.6 Å². The molecule has 0 radical (unpaired) electrons. The summed E-state index contributed by atoms with van der Waals surface area (Å²) in [7, 11) is 1.24. The number of halogens is 1. The molecule has 2 fully saturated rings. The predicted octanol–water partition coefficient (Wildman–Crippen LogP) is 0.497. The molecule has 3 nitrogen and oxygen atoms in total. The maximum Gasteiger partial charge on any atom is 0.345 e. The van der Waals surface area contributed by atoms with Gasteiger partial charge in [0.25, 0.3) is 0 Å². The van der Waals surface area contributed by atoms with Crippen molar-refractivity contribution < 1.29 is 13.9 Å². The monoisotopic (exact) mass is 187 g/mol. The molecule has 1 aliphatic heterocycles. The van der Waals surface area contributed by atoms with Crippen LogP contribution in [-0.2, 0) is 9.53 Å². The van der Waals surface area contributed by atoms with Gasteiger partial charge in [0.15, 0.2) is 0 Å². The van der Waals surface area contributed by atoms with Crippen LogP contribution in [0, 0.1) is 11.8 Å². The van der Waals surface area contributed by atoms with Gasteiger partial charge in [-0.15, -0.1) is 0 Å². The number of alkyl halides is 1. The molecule has 1 saturated heterocycles. The number of hydrogen-bond donors (Lipinski definition) is 1. The third-order valence-electron chi connectivity index (χ3n) is 3.05. The van der Waals surface area contributed by atoms with E-state index in [1.165, 1.54) is 7.11 Å². The molecule has 0 amide bonds. The highest BCUT2D eigenvalue weighted by molar-refractivity contribution is 5.80. The molecule has 1 N–H and O–H groups in total. The van der Waals surface area contributed by atoms with E-state index in [0.29, 0.717) is 12.5 Å². The Hall–Kier alpha value is -0.640. The summed E-state index contributed by atoms with van der Waals surface area (Å²) in [6, 6.07) is 0. The lowest BCUT2D eigenvalue weighted by molar-refractivity contribution is -0.156. The van der Waals surface area contributed by atoms with Crippen LogP contribution in [0.3, 0.4) is 0 Å². The van der Waals surface area contributed by atoms with Gasteiger partial charge in [-0.1, -0.05) is 0 Å². The summed E-state index contributed by atoms with van der Waals surface area (Å²) in [6.07, 6.45) is 2.10. The van der Waals surface area contributed by atoms with Crippen LogP contribution in [0.1, 0.15) is 12.8 Å². The van der Waals surface area contributed by atoms with E-state index in [1.807, 2.05) is 0 Å². The Bertz CT molecular complexity index is 230. The van der Waals surface area contributed by atoms with Crippen molar-refractivity contribution in [3.63, 3.8) is 0 Å². The van der Waals surface area contributed by atoms with E-state index >= 15 is 0 Å². The molecule has 0 bridgehead atoms. The molecular formula is C9H14FNO2. The van der Waals surface area contributed by atoms with Crippen molar-refractivity contribution in [1.29, 1.82) is 0 Å². The maximum atomic E-state index is 14.1. The largest absolute Gasteiger partial charge is 0.467 e. The smallest absolute Gasteiger partial charge is 0.345 e. The van der Waals surface area contributed by atoms with Gasteiger partial charge in [0.1, 0.15) is 0 Å². The van der Waals surface area contributed by atoms with Gasteiger partial charge in [-0.05, 0) is 18.8 Å². The summed E-state index contributed by atoms with van der Waals surface area (Å²) in [5.74, 6) is -0.492. The molecule has 2 atom stereocenters. The van der Waals surface area contributed by atoms with Crippen LogP contribution in [-0.4, -0.2) is 31.8 Å². The fourth-order valence-corrected chi connectivity index (χ4v) is 2.13. The Balaban J connectivity index is 2.13. The number of carbonyl (C=O) groups excluding carboxylic acids is 1. The van der Waals surface area contributed by atoms with Crippen molar-refractivity contribution in [1.82, 2.24) is 5.32 Å². The molecular weight excluding hydrogens is 173 g/mol. The molecule has 0 spiro atoms. The molecule has 0 aromatic carbocycles. The topological polar surface area (TPSA) is 38.3 Å². The van der Waals surface area contributed by atoms with Gasteiger partial charge in [0.05, 0.1) is 7.11 Å². The van der Waals surface area contributed by atoms with Crippen LogP contribution in [0.4, 0.5) is 4.39 Å². The fraction of sp³-hybridized carbons (Fsp3) is 0.889. The molecule has 2 rings (SSSR count). The summed E-state index contributed by atoms with van der Waals surface area (Å²) in [5.41, 5.74) is -1.77. The van der Waals surface area contributed by atoms with Crippen LogP contribution in [0.5, 0.6) is 0 Å². The summed E-state index contributed by atoms with van der Waals surface area (Å²) in [4.78, 5) is 11.2. The zero-order valence-corrected chi connectivity index (χ0v) is 7.68. The standard InChI is InChI=1S/C9H14FNO2/c1-13-8(12)9(10)5-11-4-7(9)6-2-3-6/h6-7,11H,2-5H2,1H3. The second kappa shape index (κ2) is 2.94. The van der Waals surface area contributed by atoms with Crippen LogP contribution in [0.2, 0.25) is 0 Å². The first-order chi connectivity index (χ1) is 6.18. The van der Waals surface area contributed by atoms with Gasteiger partial charge in [-0.25, -0.2) is 9.18 Å². The number of nitrogens with one attached hydrogen (secondary N) is 1. The van der Waals surface area contributed by atoms with Gasteiger partial charge in [-0.3, -0.25) is 0 Å². The van der Waals surface area contributed by atoms with Crippen molar-refractivity contribution >= 4 is 5.97 Å². The van der Waals surface area contributed by atoms with Gasteiger partial charge < -0.3 is 10.1 Å². The Labute approximate surface area is 76.6 Å². The fourth-order valence-electron chi connectivity index (χ4n) is 2.13. The highest BCUT2D eigenvalue weighted by atomic mass is 19.1. The van der Waals surface area contributed by atoms with Crippen LogP contribution < -0.4 is 5.32 Å². The first-order valence-corrected chi connectivity index (χ1v) is 4.66. The third kappa shape index (κ3) is 1.33. The summed E-state index contributed by atoms with van der Waals surface area (Å²) in [6.45, 7) is 0.719. The van der Waals surface area contributed by atoms with Gasteiger partial charge in [0.2, 0.25) is 5.67 Å². The molecule has 1 aliphatic carbocycles. The number of rotatable bonds is 2. The highest BCUT2D eigenvalue weighted by Crippen LogP contribution is 2.45. The number of ether oxygens (including phenoxy) is 1. The molecule has 2 aliphatic rings. The van der Waals surface area contributed by atoms with E-state index in [1.54, 1.807) is 0 Å². The van der Waals surface area contributed by atoms with E-state index in [0.717, 1.165) is 12.8 Å². The van der Waals surface area contributed by atoms with E-state index in [9.17, 15) is 9.18 Å². The Kier molecular flexibility index (Phi) is 2.02. The second-order valence-electron chi connectivity index (χ2n) is 3.93. The van der Waals surface area contributed by atoms with Crippen molar-refractivity contribution in [2.75, 3.05) is 20.2 Å². The lowest BCUT2D eigenvalue weighted by Gasteiger charge is -2.22. The van der Waals surface area contributed by atoms with Crippen LogP contribution in [0.15, 0.2) is 0 Å². The predicted molar refractivity (Wildman–Crippen MR) is 44.9 cm³/mol. The first-order valence-electron chi connectivity index (χ1n) is 4.66. The van der Waals surface area contributed by atoms with E-state index in [4.69, 9.17) is 0 Å². The SMILES string of the molecule is COC(=O)C1(F)CNCC1C1CC1. The van der Waals surface area contributed by atoms with E-state index in [-0.39, 0.29) is 12.5 Å². The Morgan fingerprint density at radius 2 is 2.31 bits per heavy atom. The minimum absolute atomic E-state index is 0.112. The van der Waals surface area contributed by atoms with Crippen LogP contribution >= 0.6 is 0 Å². The number of esters is 1. The highest BCUT2D eigenvalue weighted by Gasteiger charge is 2.56. The summed E-state index contributed by atoms with van der Waals surface area (Å²) in [5, 5.41) is 2.92. The quantitative estimate of drug-likeness (QED) is 0.640. The molecule has 0 aromatic rings.